The first-order chi connectivity index (χ1) is 14.2. The number of aliphatic hydroxyl groups is 2. The Balaban J connectivity index is 1.57. The monoisotopic (exact) mass is 439 g/mol. The van der Waals surface area contributed by atoms with E-state index in [9.17, 15) is 10.2 Å². The largest absolute Gasteiger partial charge is 0.389 e. The number of rotatable bonds is 6. The van der Waals surface area contributed by atoms with Gasteiger partial charge < -0.3 is 10.2 Å². The van der Waals surface area contributed by atoms with E-state index in [0.29, 0.717) is 6.04 Å². The Bertz CT molecular complexity index is 843. The molecule has 30 heavy (non-hydrogen) atoms. The summed E-state index contributed by atoms with van der Waals surface area (Å²) in [5, 5.41) is 24.9. The molecule has 0 amide bonds. The topological polar surface area (TPSA) is 43.7 Å². The molecule has 0 aliphatic carbocycles. The molecule has 0 saturated carbocycles. The minimum absolute atomic E-state index is 0.0694. The lowest BCUT2D eigenvalue weighted by Crippen LogP contribution is -2.53. The van der Waals surface area contributed by atoms with E-state index in [4.69, 9.17) is 0 Å². The van der Waals surface area contributed by atoms with Crippen molar-refractivity contribution in [2.75, 3.05) is 0 Å². The molecule has 162 valence electrons. The van der Waals surface area contributed by atoms with Gasteiger partial charge in [0.1, 0.15) is 0 Å². The molecule has 0 bridgehead atoms. The number of aliphatic hydroxyl groups excluding tert-OH is 2. The minimum atomic E-state index is -1.73. The molecular weight excluding hydrogens is 402 g/mol. The van der Waals surface area contributed by atoms with Crippen LogP contribution < -0.4 is 10.4 Å². The van der Waals surface area contributed by atoms with E-state index in [2.05, 4.69) is 91.8 Å². The lowest BCUT2D eigenvalue weighted by molar-refractivity contribution is 0.0286. The fraction of sp³-hybridized carbons (Fsp3) is 0.520. The highest BCUT2D eigenvalue weighted by Gasteiger charge is 2.54. The maximum atomic E-state index is 11.0. The van der Waals surface area contributed by atoms with Crippen LogP contribution in [-0.4, -0.2) is 61.6 Å². The first-order valence-corrected chi connectivity index (χ1v) is 17.9. The molecule has 2 fully saturated rings. The number of hydrogen-bond acceptors (Lipinski definition) is 3. The molecule has 2 aromatic carbocycles. The predicted octanol–water partition coefficient (Wildman–Crippen LogP) is 3.15. The normalized spacial score (nSPS) is 29.9. The summed E-state index contributed by atoms with van der Waals surface area (Å²) < 4.78 is 0. The summed E-state index contributed by atoms with van der Waals surface area (Å²) >= 11 is 0. The van der Waals surface area contributed by atoms with Gasteiger partial charge in [-0.25, -0.2) is 0 Å². The Labute approximate surface area is 183 Å². The Hall–Kier alpha value is -1.25. The molecule has 0 aromatic heterocycles. The number of nitrogens with zero attached hydrogens (tertiary/aromatic N) is 1. The first-order valence-electron chi connectivity index (χ1n) is 11.5. The van der Waals surface area contributed by atoms with Crippen LogP contribution in [0.5, 0.6) is 0 Å². The highest BCUT2D eigenvalue weighted by molar-refractivity contribution is 6.90. The minimum Gasteiger partial charge on any atom is -0.389 e. The average molecular weight is 440 g/mol. The second kappa shape index (κ2) is 8.36. The van der Waals surface area contributed by atoms with Crippen LogP contribution in [-0.2, 0) is 0 Å². The molecule has 2 N–H and O–H groups in total. The summed E-state index contributed by atoms with van der Waals surface area (Å²) in [5.41, 5.74) is 0. The molecule has 5 atom stereocenters. The fourth-order valence-corrected chi connectivity index (χ4v) is 11.7. The van der Waals surface area contributed by atoms with Gasteiger partial charge >= 0.3 is 0 Å². The van der Waals surface area contributed by atoms with Gasteiger partial charge in [0, 0.05) is 18.1 Å². The Morgan fingerprint density at radius 2 is 1.23 bits per heavy atom. The van der Waals surface area contributed by atoms with Gasteiger partial charge in [0.25, 0.3) is 0 Å². The van der Waals surface area contributed by atoms with Gasteiger partial charge in [0.15, 0.2) is 0 Å². The van der Waals surface area contributed by atoms with Gasteiger partial charge in [-0.15, -0.1) is 0 Å². The summed E-state index contributed by atoms with van der Waals surface area (Å²) in [6, 6.07) is 24.6. The second-order valence-corrected chi connectivity index (χ2v) is 20.2. The van der Waals surface area contributed by atoms with Crippen LogP contribution in [0.15, 0.2) is 60.7 Å². The van der Waals surface area contributed by atoms with Crippen LogP contribution in [0, 0.1) is 0 Å². The highest BCUT2D eigenvalue weighted by atomic mass is 28.3. The molecule has 2 aliphatic heterocycles. The maximum absolute atomic E-state index is 11.0. The Kier molecular flexibility index (Phi) is 6.12. The molecule has 2 heterocycles. The molecule has 0 radical (unpaired) electrons. The van der Waals surface area contributed by atoms with Crippen LogP contribution in [0.1, 0.15) is 12.8 Å². The number of benzene rings is 2. The number of hydrogen-bond donors (Lipinski definition) is 2. The maximum Gasteiger partial charge on any atom is 0.0969 e. The average Bonchev–Trinajstić information content (AvgIpc) is 3.24. The zero-order valence-electron chi connectivity index (χ0n) is 18.8. The molecular formula is C25H37NO2Si2. The van der Waals surface area contributed by atoms with Crippen LogP contribution in [0.3, 0.4) is 0 Å². The quantitative estimate of drug-likeness (QED) is 0.680. The van der Waals surface area contributed by atoms with E-state index in [1.807, 2.05) is 0 Å². The van der Waals surface area contributed by atoms with Gasteiger partial charge in [-0.3, -0.25) is 4.90 Å². The third kappa shape index (κ3) is 4.10. The summed E-state index contributed by atoms with van der Waals surface area (Å²) in [6.07, 6.45) is 0.907. The molecule has 5 heteroatoms. The van der Waals surface area contributed by atoms with Crippen LogP contribution in [0.2, 0.25) is 38.3 Å². The van der Waals surface area contributed by atoms with E-state index < -0.39 is 28.4 Å². The summed E-state index contributed by atoms with van der Waals surface area (Å²) in [5.74, 6) is 0. The van der Waals surface area contributed by atoms with Crippen LogP contribution >= 0.6 is 0 Å². The molecule has 0 unspecified atom stereocenters. The smallest absolute Gasteiger partial charge is 0.0969 e. The fourth-order valence-electron chi connectivity index (χ4n) is 5.99. The van der Waals surface area contributed by atoms with Crippen molar-refractivity contribution in [2.24, 2.45) is 0 Å². The Morgan fingerprint density at radius 1 is 0.733 bits per heavy atom. The zero-order valence-corrected chi connectivity index (χ0v) is 20.8. The van der Waals surface area contributed by atoms with Crippen LogP contribution in [0.4, 0.5) is 0 Å². The molecule has 0 spiro atoms. The highest BCUT2D eigenvalue weighted by Crippen LogP contribution is 2.42. The molecule has 3 nitrogen and oxygen atoms in total. The molecule has 2 aliphatic rings. The summed E-state index contributed by atoms with van der Waals surface area (Å²) in [4.78, 5) is 2.56. The van der Waals surface area contributed by atoms with Crippen molar-refractivity contribution < 1.29 is 10.2 Å². The molecule has 2 saturated heterocycles. The van der Waals surface area contributed by atoms with Crippen molar-refractivity contribution in [1.29, 1.82) is 0 Å². The van der Waals surface area contributed by atoms with Gasteiger partial charge in [-0.2, -0.15) is 0 Å². The summed E-state index contributed by atoms with van der Waals surface area (Å²) in [6.45, 7) is 9.75. The first kappa shape index (κ1) is 22.0. The second-order valence-electron chi connectivity index (χ2n) is 10.7. The van der Waals surface area contributed by atoms with E-state index >= 15 is 0 Å². The third-order valence-corrected chi connectivity index (χ3v) is 14.4. The van der Waals surface area contributed by atoms with E-state index in [0.717, 1.165) is 18.9 Å². The van der Waals surface area contributed by atoms with Crippen molar-refractivity contribution in [3.8, 4) is 0 Å². The van der Waals surface area contributed by atoms with Crippen molar-refractivity contribution >= 4 is 26.5 Å². The van der Waals surface area contributed by atoms with Gasteiger partial charge in [-0.1, -0.05) is 97.2 Å². The van der Waals surface area contributed by atoms with E-state index in [-0.39, 0.29) is 12.1 Å². The van der Waals surface area contributed by atoms with E-state index in [1.165, 1.54) is 16.4 Å². The van der Waals surface area contributed by atoms with Crippen molar-refractivity contribution in [3.05, 3.63) is 60.7 Å². The SMILES string of the molecule is C[Si](C)(C[C@@H]1CC[C@@H]2[C@H](O)[C@H](O)[C@@H](C[Si](C)(C)c3ccccc3)N12)c1ccccc1. The van der Waals surface area contributed by atoms with E-state index in [1.54, 1.807) is 0 Å². The number of fused-ring (bicyclic) bond motifs is 1. The van der Waals surface area contributed by atoms with Gasteiger partial charge in [0.2, 0.25) is 0 Å². The molecule has 2 aromatic rings. The standard InChI is InChI=1S/C25H37NO2Si2/c1-29(2,20-11-7-5-8-12-20)17-19-15-16-22-24(27)25(28)23(26(19)22)18-30(3,4)21-13-9-6-10-14-21/h5-14,19,22-25,27-28H,15-18H2,1-4H3/t19-,22+,23+,24-,25+/m0/s1. The molecule has 4 rings (SSSR count). The van der Waals surface area contributed by atoms with Crippen molar-refractivity contribution in [2.45, 2.75) is 81.5 Å². The lowest BCUT2D eigenvalue weighted by atomic mass is 10.0. The van der Waals surface area contributed by atoms with Gasteiger partial charge in [0.05, 0.1) is 28.4 Å². The zero-order chi connectivity index (χ0) is 21.5. The Morgan fingerprint density at radius 3 is 1.77 bits per heavy atom. The third-order valence-electron chi connectivity index (χ3n) is 7.70. The van der Waals surface area contributed by atoms with Crippen molar-refractivity contribution in [3.63, 3.8) is 0 Å². The predicted molar refractivity (Wildman–Crippen MR) is 131 cm³/mol. The van der Waals surface area contributed by atoms with Gasteiger partial charge in [-0.05, 0) is 24.9 Å². The van der Waals surface area contributed by atoms with Crippen molar-refractivity contribution in [1.82, 2.24) is 4.90 Å². The van der Waals surface area contributed by atoms with Crippen LogP contribution in [0.25, 0.3) is 0 Å². The lowest BCUT2D eigenvalue weighted by Gasteiger charge is -2.38. The summed E-state index contributed by atoms with van der Waals surface area (Å²) in [7, 11) is -3.32.